The summed E-state index contributed by atoms with van der Waals surface area (Å²) in [7, 11) is 0. The monoisotopic (exact) mass is 416 g/mol. The fourth-order valence-corrected chi connectivity index (χ4v) is 5.09. The van der Waals surface area contributed by atoms with Crippen LogP contribution in [0.25, 0.3) is 0 Å². The maximum atomic E-state index is 12.8. The topological polar surface area (TPSA) is 56.8 Å². The zero-order valence-electron chi connectivity index (χ0n) is 19.2. The van der Waals surface area contributed by atoms with E-state index in [9.17, 15) is 4.79 Å². The van der Waals surface area contributed by atoms with Crippen LogP contribution in [0.3, 0.4) is 0 Å². The highest BCUT2D eigenvalue weighted by atomic mass is 16.5. The molecule has 2 amide bonds. The molecule has 2 fully saturated rings. The van der Waals surface area contributed by atoms with Gasteiger partial charge in [0.15, 0.2) is 0 Å². The molecule has 30 heavy (non-hydrogen) atoms. The van der Waals surface area contributed by atoms with Crippen LogP contribution in [0.2, 0.25) is 0 Å². The van der Waals surface area contributed by atoms with E-state index in [1.807, 2.05) is 18.2 Å². The number of carbonyl (C=O) groups is 1. The maximum absolute atomic E-state index is 12.8. The van der Waals surface area contributed by atoms with E-state index in [0.29, 0.717) is 18.5 Å². The van der Waals surface area contributed by atoms with Gasteiger partial charge in [-0.05, 0) is 57.8 Å². The number of urea groups is 1. The van der Waals surface area contributed by atoms with Crippen molar-refractivity contribution in [1.82, 2.24) is 10.2 Å². The van der Waals surface area contributed by atoms with Gasteiger partial charge < -0.3 is 20.3 Å². The molecule has 0 aliphatic carbocycles. The number of rotatable bonds is 8. The normalized spacial score (nSPS) is 23.6. The molecule has 1 aromatic rings. The SMILES string of the molecule is CCC(CC)[C@H](CNC(=O)Nc1ccccc1N1C[C@@H](C)O[C@@H](C)C1)N1CCCC1. The lowest BCUT2D eigenvalue weighted by Gasteiger charge is -2.37. The van der Waals surface area contributed by atoms with Crippen molar-refractivity contribution in [3.8, 4) is 0 Å². The van der Waals surface area contributed by atoms with E-state index in [0.717, 1.165) is 50.4 Å². The van der Waals surface area contributed by atoms with Crippen LogP contribution in [0, 0.1) is 5.92 Å². The van der Waals surface area contributed by atoms with E-state index in [-0.39, 0.29) is 18.2 Å². The standard InChI is InChI=1S/C24H40N4O2/c1-5-20(6-2)23(27-13-9-10-14-27)15-25-24(29)26-21-11-7-8-12-22(21)28-16-18(3)30-19(4)17-28/h7-8,11-12,18-20,23H,5-6,9-10,13-17H2,1-4H3,(H2,25,26,29)/t18-,19+,23-/m0/s1. The average molecular weight is 417 g/mol. The van der Waals surface area contributed by atoms with Gasteiger partial charge in [0.2, 0.25) is 0 Å². The van der Waals surface area contributed by atoms with Gasteiger partial charge in [0.25, 0.3) is 0 Å². The molecule has 1 aromatic carbocycles. The lowest BCUT2D eigenvalue weighted by atomic mass is 9.93. The molecular weight excluding hydrogens is 376 g/mol. The van der Waals surface area contributed by atoms with Gasteiger partial charge in [-0.3, -0.25) is 4.90 Å². The first kappa shape index (κ1) is 22.9. The molecular formula is C24H40N4O2. The highest BCUT2D eigenvalue weighted by molar-refractivity contribution is 5.93. The molecule has 0 aromatic heterocycles. The molecule has 0 radical (unpaired) electrons. The van der Waals surface area contributed by atoms with E-state index >= 15 is 0 Å². The van der Waals surface area contributed by atoms with Crippen LogP contribution in [0.5, 0.6) is 0 Å². The largest absolute Gasteiger partial charge is 0.372 e. The van der Waals surface area contributed by atoms with E-state index in [1.54, 1.807) is 0 Å². The fraction of sp³-hybridized carbons (Fsp3) is 0.708. The summed E-state index contributed by atoms with van der Waals surface area (Å²) in [6.45, 7) is 13.4. The van der Waals surface area contributed by atoms with Gasteiger partial charge in [-0.15, -0.1) is 0 Å². The number of ether oxygens (including phenoxy) is 1. The smallest absolute Gasteiger partial charge is 0.319 e. The van der Waals surface area contributed by atoms with Crippen LogP contribution in [-0.2, 0) is 4.74 Å². The lowest BCUT2D eigenvalue weighted by Crippen LogP contribution is -2.48. The minimum Gasteiger partial charge on any atom is -0.372 e. The van der Waals surface area contributed by atoms with Crippen molar-refractivity contribution in [2.24, 2.45) is 5.92 Å². The van der Waals surface area contributed by atoms with Gasteiger partial charge in [-0.2, -0.15) is 0 Å². The maximum Gasteiger partial charge on any atom is 0.319 e. The van der Waals surface area contributed by atoms with Crippen molar-refractivity contribution in [3.05, 3.63) is 24.3 Å². The van der Waals surface area contributed by atoms with Crippen LogP contribution in [0.15, 0.2) is 24.3 Å². The van der Waals surface area contributed by atoms with Crippen LogP contribution in [0.4, 0.5) is 16.2 Å². The number of morpholine rings is 1. The number of nitrogens with one attached hydrogen (secondary N) is 2. The average Bonchev–Trinajstić information content (AvgIpc) is 3.25. The first-order valence-electron chi connectivity index (χ1n) is 11.8. The highest BCUT2D eigenvalue weighted by Gasteiger charge is 2.28. The molecule has 3 atom stereocenters. The molecule has 2 aliphatic rings. The third-order valence-corrected chi connectivity index (χ3v) is 6.59. The molecule has 6 nitrogen and oxygen atoms in total. The van der Waals surface area contributed by atoms with E-state index in [2.05, 4.69) is 54.2 Å². The summed E-state index contributed by atoms with van der Waals surface area (Å²) in [6, 6.07) is 8.37. The minimum absolute atomic E-state index is 0.119. The van der Waals surface area contributed by atoms with Gasteiger partial charge in [-0.1, -0.05) is 38.8 Å². The first-order chi connectivity index (χ1) is 14.5. The second kappa shape index (κ2) is 11.0. The fourth-order valence-electron chi connectivity index (χ4n) is 5.09. The Labute approximate surface area is 182 Å². The first-order valence-corrected chi connectivity index (χ1v) is 11.8. The number of para-hydroxylation sites is 2. The molecule has 168 valence electrons. The van der Waals surface area contributed by atoms with Crippen molar-refractivity contribution in [2.45, 2.75) is 71.6 Å². The summed E-state index contributed by atoms with van der Waals surface area (Å²) >= 11 is 0. The predicted octanol–water partition coefficient (Wildman–Crippen LogP) is 4.32. The summed E-state index contributed by atoms with van der Waals surface area (Å²) < 4.78 is 5.87. The van der Waals surface area contributed by atoms with Crippen molar-refractivity contribution in [3.63, 3.8) is 0 Å². The summed E-state index contributed by atoms with van der Waals surface area (Å²) in [6.07, 6.45) is 5.20. The molecule has 2 N–H and O–H groups in total. The minimum atomic E-state index is -0.119. The van der Waals surface area contributed by atoms with E-state index < -0.39 is 0 Å². The number of carbonyl (C=O) groups excluding carboxylic acids is 1. The molecule has 6 heteroatoms. The zero-order valence-corrected chi connectivity index (χ0v) is 19.2. The third-order valence-electron chi connectivity index (χ3n) is 6.59. The molecule has 2 heterocycles. The Bertz CT molecular complexity index is 661. The second-order valence-electron chi connectivity index (χ2n) is 8.90. The van der Waals surface area contributed by atoms with Crippen molar-refractivity contribution in [2.75, 3.05) is 42.9 Å². The van der Waals surface area contributed by atoms with Crippen LogP contribution < -0.4 is 15.5 Å². The number of hydrogen-bond acceptors (Lipinski definition) is 4. The number of amides is 2. The molecule has 2 saturated heterocycles. The van der Waals surface area contributed by atoms with Gasteiger partial charge in [-0.25, -0.2) is 4.79 Å². The summed E-state index contributed by atoms with van der Waals surface area (Å²) in [4.78, 5) is 17.7. The Hall–Kier alpha value is -1.79. The second-order valence-corrected chi connectivity index (χ2v) is 8.90. The molecule has 0 unspecified atom stereocenters. The Balaban J connectivity index is 1.63. The summed E-state index contributed by atoms with van der Waals surface area (Å²) in [5.74, 6) is 0.618. The number of anilines is 2. The quantitative estimate of drug-likeness (QED) is 0.663. The van der Waals surface area contributed by atoms with E-state index in [1.165, 1.54) is 12.8 Å². The van der Waals surface area contributed by atoms with Crippen LogP contribution >= 0.6 is 0 Å². The molecule has 2 aliphatic heterocycles. The third kappa shape index (κ3) is 5.88. The van der Waals surface area contributed by atoms with Crippen molar-refractivity contribution >= 4 is 17.4 Å². The number of likely N-dealkylation sites (tertiary alicyclic amines) is 1. The van der Waals surface area contributed by atoms with Gasteiger partial charge in [0, 0.05) is 25.7 Å². The van der Waals surface area contributed by atoms with Gasteiger partial charge in [0.1, 0.15) is 0 Å². The predicted molar refractivity (Wildman–Crippen MR) is 124 cm³/mol. The number of hydrogen-bond donors (Lipinski definition) is 2. The lowest BCUT2D eigenvalue weighted by molar-refractivity contribution is -0.00517. The molecule has 0 bridgehead atoms. The van der Waals surface area contributed by atoms with Gasteiger partial charge >= 0.3 is 6.03 Å². The number of nitrogens with zero attached hydrogens (tertiary/aromatic N) is 2. The zero-order chi connectivity index (χ0) is 21.5. The van der Waals surface area contributed by atoms with Gasteiger partial charge in [0.05, 0.1) is 23.6 Å². The van der Waals surface area contributed by atoms with Crippen molar-refractivity contribution in [1.29, 1.82) is 0 Å². The van der Waals surface area contributed by atoms with Crippen molar-refractivity contribution < 1.29 is 9.53 Å². The molecule has 0 saturated carbocycles. The van der Waals surface area contributed by atoms with Crippen LogP contribution in [0.1, 0.15) is 53.4 Å². The summed E-state index contributed by atoms with van der Waals surface area (Å²) in [5, 5.41) is 6.28. The van der Waals surface area contributed by atoms with Crippen LogP contribution in [-0.4, -0.2) is 61.9 Å². The van der Waals surface area contributed by atoms with E-state index in [4.69, 9.17) is 4.74 Å². The summed E-state index contributed by atoms with van der Waals surface area (Å²) in [5.41, 5.74) is 1.92. The Kier molecular flexibility index (Phi) is 8.40. The Morgan fingerprint density at radius 3 is 2.37 bits per heavy atom. The molecule has 3 rings (SSSR count). The molecule has 0 spiro atoms. The Morgan fingerprint density at radius 2 is 1.73 bits per heavy atom. The Morgan fingerprint density at radius 1 is 1.10 bits per heavy atom. The number of benzene rings is 1. The highest BCUT2D eigenvalue weighted by Crippen LogP contribution is 2.28.